The van der Waals surface area contributed by atoms with Gasteiger partial charge in [0.15, 0.2) is 0 Å². The minimum atomic E-state index is 0.757. The van der Waals surface area contributed by atoms with Crippen LogP contribution in [0.2, 0.25) is 0 Å². The van der Waals surface area contributed by atoms with Crippen LogP contribution in [0.4, 0.5) is 0 Å². The van der Waals surface area contributed by atoms with Gasteiger partial charge in [-0.05, 0) is 28.9 Å². The number of rotatable bonds is 0. The predicted molar refractivity (Wildman–Crippen MR) is 41.5 cm³/mol. The molecule has 9 heavy (non-hydrogen) atoms. The van der Waals surface area contributed by atoms with E-state index in [2.05, 4.69) is 22.0 Å². The lowest BCUT2D eigenvalue weighted by Gasteiger charge is -1.74. The van der Waals surface area contributed by atoms with Crippen molar-refractivity contribution in [1.82, 2.24) is 0 Å². The molecule has 0 unspecified atom stereocenters. The van der Waals surface area contributed by atoms with Crippen LogP contribution in [-0.2, 0) is 0 Å². The van der Waals surface area contributed by atoms with Crippen LogP contribution >= 0.6 is 27.3 Å². The zero-order valence-electron chi connectivity index (χ0n) is 4.81. The van der Waals surface area contributed by atoms with E-state index in [0.717, 1.165) is 9.35 Å². The molecule has 0 bridgehead atoms. The van der Waals surface area contributed by atoms with Gasteiger partial charge in [-0.1, -0.05) is 0 Å². The first kappa shape index (κ1) is 6.79. The SMILES string of the molecule is Cc1cc(Br)c(C#N)s1. The van der Waals surface area contributed by atoms with Crippen molar-refractivity contribution in [2.75, 3.05) is 0 Å². The summed E-state index contributed by atoms with van der Waals surface area (Å²) in [6.45, 7) is 1.98. The number of thiophene rings is 1. The van der Waals surface area contributed by atoms with E-state index in [-0.39, 0.29) is 0 Å². The Labute approximate surface area is 66.1 Å². The molecular formula is C6H4BrNS. The molecule has 46 valence electrons. The van der Waals surface area contributed by atoms with Gasteiger partial charge in [0.1, 0.15) is 10.9 Å². The van der Waals surface area contributed by atoms with Gasteiger partial charge >= 0.3 is 0 Å². The lowest BCUT2D eigenvalue weighted by molar-refractivity contribution is 1.51. The second-order valence-corrected chi connectivity index (χ2v) is 3.76. The van der Waals surface area contributed by atoms with E-state index < -0.39 is 0 Å². The molecule has 1 aromatic heterocycles. The fourth-order valence-electron chi connectivity index (χ4n) is 0.559. The molecule has 0 aliphatic carbocycles. The maximum Gasteiger partial charge on any atom is 0.119 e. The highest BCUT2D eigenvalue weighted by molar-refractivity contribution is 9.10. The van der Waals surface area contributed by atoms with Crippen LogP contribution in [0, 0.1) is 18.3 Å². The normalized spacial score (nSPS) is 9.00. The Balaban J connectivity index is 3.20. The summed E-state index contributed by atoms with van der Waals surface area (Å²) in [7, 11) is 0. The Morgan fingerprint density at radius 2 is 2.44 bits per heavy atom. The zero-order chi connectivity index (χ0) is 6.85. The molecule has 0 N–H and O–H groups in total. The summed E-state index contributed by atoms with van der Waals surface area (Å²) in [5.74, 6) is 0. The fourth-order valence-corrected chi connectivity index (χ4v) is 2.09. The van der Waals surface area contributed by atoms with Crippen molar-refractivity contribution < 1.29 is 0 Å². The third kappa shape index (κ3) is 1.32. The summed E-state index contributed by atoms with van der Waals surface area (Å²) in [6, 6.07) is 4.04. The molecule has 0 radical (unpaired) electrons. The summed E-state index contributed by atoms with van der Waals surface area (Å²) in [5, 5.41) is 8.46. The van der Waals surface area contributed by atoms with Crippen molar-refractivity contribution in [2.24, 2.45) is 0 Å². The molecule has 1 heterocycles. The summed E-state index contributed by atoms with van der Waals surface area (Å²) >= 11 is 4.77. The number of hydrogen-bond acceptors (Lipinski definition) is 2. The van der Waals surface area contributed by atoms with Crippen molar-refractivity contribution >= 4 is 27.3 Å². The molecule has 1 rings (SSSR count). The van der Waals surface area contributed by atoms with Gasteiger partial charge in [-0.25, -0.2) is 0 Å². The molecule has 0 aliphatic heterocycles. The molecule has 0 fully saturated rings. The lowest BCUT2D eigenvalue weighted by atomic mass is 10.4. The van der Waals surface area contributed by atoms with E-state index in [9.17, 15) is 0 Å². The Kier molecular flexibility index (Phi) is 1.89. The first-order chi connectivity index (χ1) is 4.24. The molecule has 0 aliphatic rings. The third-order valence-electron chi connectivity index (χ3n) is 0.911. The van der Waals surface area contributed by atoms with Crippen molar-refractivity contribution in [2.45, 2.75) is 6.92 Å². The van der Waals surface area contributed by atoms with Gasteiger partial charge in [0.2, 0.25) is 0 Å². The smallest absolute Gasteiger partial charge is 0.119 e. The van der Waals surface area contributed by atoms with E-state index in [1.165, 1.54) is 16.2 Å². The number of halogens is 1. The lowest BCUT2D eigenvalue weighted by Crippen LogP contribution is -1.58. The van der Waals surface area contributed by atoms with E-state index >= 15 is 0 Å². The summed E-state index contributed by atoms with van der Waals surface area (Å²) in [4.78, 5) is 1.92. The van der Waals surface area contributed by atoms with Crippen LogP contribution in [0.15, 0.2) is 10.5 Å². The quantitative estimate of drug-likeness (QED) is 0.634. The standard InChI is InChI=1S/C6H4BrNS/c1-4-2-5(7)6(3-8)9-4/h2H,1H3. The van der Waals surface area contributed by atoms with Crippen molar-refractivity contribution in [1.29, 1.82) is 5.26 Å². The molecular weight excluding hydrogens is 198 g/mol. The van der Waals surface area contributed by atoms with Crippen LogP contribution < -0.4 is 0 Å². The van der Waals surface area contributed by atoms with Gasteiger partial charge in [-0.3, -0.25) is 0 Å². The molecule has 0 saturated heterocycles. The Morgan fingerprint density at radius 1 is 1.78 bits per heavy atom. The monoisotopic (exact) mass is 201 g/mol. The van der Waals surface area contributed by atoms with Crippen LogP contribution in [0.5, 0.6) is 0 Å². The zero-order valence-corrected chi connectivity index (χ0v) is 7.21. The van der Waals surface area contributed by atoms with Gasteiger partial charge in [-0.15, -0.1) is 11.3 Å². The fraction of sp³-hybridized carbons (Fsp3) is 0.167. The van der Waals surface area contributed by atoms with Crippen LogP contribution in [0.1, 0.15) is 9.75 Å². The van der Waals surface area contributed by atoms with Crippen LogP contribution in [-0.4, -0.2) is 0 Å². The van der Waals surface area contributed by atoms with E-state index in [0.29, 0.717) is 0 Å². The van der Waals surface area contributed by atoms with Crippen LogP contribution in [0.3, 0.4) is 0 Å². The molecule has 0 spiro atoms. The average molecular weight is 202 g/mol. The molecule has 0 aromatic carbocycles. The predicted octanol–water partition coefficient (Wildman–Crippen LogP) is 2.69. The van der Waals surface area contributed by atoms with E-state index in [1.807, 2.05) is 13.0 Å². The van der Waals surface area contributed by atoms with Crippen molar-refractivity contribution in [3.8, 4) is 6.07 Å². The average Bonchev–Trinajstić information content (AvgIpc) is 2.10. The molecule has 3 heteroatoms. The number of nitrogens with zero attached hydrogens (tertiary/aromatic N) is 1. The Morgan fingerprint density at radius 3 is 2.67 bits per heavy atom. The number of nitriles is 1. The first-order valence-electron chi connectivity index (χ1n) is 2.40. The van der Waals surface area contributed by atoms with Crippen molar-refractivity contribution in [3.63, 3.8) is 0 Å². The van der Waals surface area contributed by atoms with Crippen LogP contribution in [0.25, 0.3) is 0 Å². The Hall–Kier alpha value is -0.330. The molecule has 0 amide bonds. The highest BCUT2D eigenvalue weighted by Gasteiger charge is 2.00. The van der Waals surface area contributed by atoms with Gasteiger partial charge in [0, 0.05) is 9.35 Å². The minimum Gasteiger partial charge on any atom is -0.191 e. The molecule has 1 aromatic rings. The maximum absolute atomic E-state index is 8.46. The number of aryl methyl sites for hydroxylation is 1. The third-order valence-corrected chi connectivity index (χ3v) is 2.75. The van der Waals surface area contributed by atoms with E-state index in [1.54, 1.807) is 0 Å². The molecule has 0 atom stereocenters. The highest BCUT2D eigenvalue weighted by Crippen LogP contribution is 2.25. The molecule has 1 nitrogen and oxygen atoms in total. The second kappa shape index (κ2) is 2.51. The topological polar surface area (TPSA) is 23.8 Å². The van der Waals surface area contributed by atoms with Gasteiger partial charge in [0.05, 0.1) is 0 Å². The van der Waals surface area contributed by atoms with Gasteiger partial charge < -0.3 is 0 Å². The largest absolute Gasteiger partial charge is 0.191 e. The van der Waals surface area contributed by atoms with Gasteiger partial charge in [0.25, 0.3) is 0 Å². The second-order valence-electron chi connectivity index (χ2n) is 1.65. The summed E-state index contributed by atoms with van der Waals surface area (Å²) < 4.78 is 0.910. The number of hydrogen-bond donors (Lipinski definition) is 0. The Bertz CT molecular complexity index is 259. The van der Waals surface area contributed by atoms with Crippen molar-refractivity contribution in [3.05, 3.63) is 20.3 Å². The van der Waals surface area contributed by atoms with Gasteiger partial charge in [-0.2, -0.15) is 5.26 Å². The van der Waals surface area contributed by atoms with E-state index in [4.69, 9.17) is 5.26 Å². The maximum atomic E-state index is 8.46. The first-order valence-corrected chi connectivity index (χ1v) is 4.01. The highest BCUT2D eigenvalue weighted by atomic mass is 79.9. The minimum absolute atomic E-state index is 0.757. The summed E-state index contributed by atoms with van der Waals surface area (Å²) in [5.41, 5.74) is 0. The summed E-state index contributed by atoms with van der Waals surface area (Å²) in [6.07, 6.45) is 0. The molecule has 0 saturated carbocycles.